The average molecular weight is 459 g/mol. The molecule has 33 heavy (non-hydrogen) atoms. The number of fused-ring (bicyclic) bond motifs is 1. The number of aromatic amines is 1. The van der Waals surface area contributed by atoms with Crippen LogP contribution in [0.3, 0.4) is 0 Å². The van der Waals surface area contributed by atoms with Crippen LogP contribution in [0.25, 0.3) is 11.0 Å². The lowest BCUT2D eigenvalue weighted by Crippen LogP contribution is -2.47. The van der Waals surface area contributed by atoms with Crippen LogP contribution in [0.5, 0.6) is 5.75 Å². The number of amides is 2. The van der Waals surface area contributed by atoms with Gasteiger partial charge in [-0.1, -0.05) is 6.07 Å². The smallest absolute Gasteiger partial charge is 0.315 e. The molecular formula is C24H28F2N4O3. The van der Waals surface area contributed by atoms with Crippen LogP contribution in [0.1, 0.15) is 50.0 Å². The predicted octanol–water partition coefficient (Wildman–Crippen LogP) is 4.13. The summed E-state index contributed by atoms with van der Waals surface area (Å²) in [7, 11) is 1.46. The van der Waals surface area contributed by atoms with Crippen molar-refractivity contribution >= 4 is 17.1 Å². The van der Waals surface area contributed by atoms with Gasteiger partial charge >= 0.3 is 6.03 Å². The molecular weight excluding hydrogens is 430 g/mol. The molecule has 1 atom stereocenters. The maximum Gasteiger partial charge on any atom is 0.315 e. The van der Waals surface area contributed by atoms with Crippen molar-refractivity contribution in [2.24, 2.45) is 0 Å². The molecule has 1 aromatic heterocycles. The van der Waals surface area contributed by atoms with Gasteiger partial charge in [-0.2, -0.15) is 0 Å². The van der Waals surface area contributed by atoms with Gasteiger partial charge in [0, 0.05) is 18.5 Å². The van der Waals surface area contributed by atoms with E-state index in [1.807, 2.05) is 0 Å². The fourth-order valence-electron chi connectivity index (χ4n) is 4.19. The summed E-state index contributed by atoms with van der Waals surface area (Å²) in [5.74, 6) is -0.0778. The number of halogens is 2. The minimum atomic E-state index is -0.702. The van der Waals surface area contributed by atoms with E-state index in [4.69, 9.17) is 4.74 Å². The number of hydrogen-bond donors (Lipinski definition) is 4. The van der Waals surface area contributed by atoms with E-state index >= 15 is 0 Å². The van der Waals surface area contributed by atoms with Crippen molar-refractivity contribution in [1.29, 1.82) is 0 Å². The molecule has 1 heterocycles. The highest BCUT2D eigenvalue weighted by Gasteiger charge is 2.30. The summed E-state index contributed by atoms with van der Waals surface area (Å²) in [5.41, 5.74) is 0.707. The molecule has 0 saturated heterocycles. The quantitative estimate of drug-likeness (QED) is 0.446. The Hall–Kier alpha value is -3.20. The van der Waals surface area contributed by atoms with Gasteiger partial charge in [-0.25, -0.2) is 18.6 Å². The second kappa shape index (κ2) is 9.35. The molecule has 0 aliphatic heterocycles. The fraction of sp³-hybridized carbons (Fsp3) is 0.417. The normalized spacial score (nSPS) is 21.5. The first-order valence-corrected chi connectivity index (χ1v) is 11.0. The minimum absolute atomic E-state index is 0.0617. The first-order chi connectivity index (χ1) is 15.7. The van der Waals surface area contributed by atoms with Gasteiger partial charge in [0.2, 0.25) is 0 Å². The highest BCUT2D eigenvalue weighted by atomic mass is 19.1. The number of aliphatic hydroxyl groups is 1. The Bertz CT molecular complexity index is 1140. The monoisotopic (exact) mass is 458 g/mol. The Morgan fingerprint density at radius 3 is 2.73 bits per heavy atom. The zero-order valence-corrected chi connectivity index (χ0v) is 18.6. The largest absolute Gasteiger partial charge is 0.497 e. The third-order valence-corrected chi connectivity index (χ3v) is 6.18. The number of benzene rings is 2. The first kappa shape index (κ1) is 23.0. The standard InChI is InChI=1S/C24H28F2N4O3/c1-24(32)9-7-16(8-10-24)27-23(31)30-21(11-14-3-5-17(33-2)13-18(14)26)22-28-19-6-4-15(25)12-20(19)29-22/h3-6,12-13,16,21,32H,7-11H2,1-2H3,(H,28,29)(H2,27,30,31)/t16-,21-,24-/m1/s1. The molecule has 4 N–H and O–H groups in total. The van der Waals surface area contributed by atoms with Gasteiger partial charge in [0.1, 0.15) is 23.2 Å². The Kier molecular flexibility index (Phi) is 6.51. The highest BCUT2D eigenvalue weighted by molar-refractivity contribution is 5.76. The van der Waals surface area contributed by atoms with Gasteiger partial charge < -0.3 is 25.5 Å². The predicted molar refractivity (Wildman–Crippen MR) is 120 cm³/mol. The summed E-state index contributed by atoms with van der Waals surface area (Å²) < 4.78 is 33.3. The van der Waals surface area contributed by atoms with Crippen LogP contribution >= 0.6 is 0 Å². The SMILES string of the molecule is COc1ccc(C[C@@H](NC(=O)N[C@H]2CC[C@](C)(O)CC2)c2nc3ccc(F)cc3[nH]2)c(F)c1. The van der Waals surface area contributed by atoms with E-state index < -0.39 is 29.3 Å². The Labute approximate surface area is 190 Å². The number of imidazole rings is 1. The van der Waals surface area contributed by atoms with E-state index in [1.165, 1.54) is 25.3 Å². The van der Waals surface area contributed by atoms with Crippen molar-refractivity contribution in [3.05, 3.63) is 59.4 Å². The molecule has 4 rings (SSSR count). The molecule has 2 aromatic carbocycles. The molecule has 2 amide bonds. The lowest BCUT2D eigenvalue weighted by Gasteiger charge is -2.33. The molecule has 1 aliphatic carbocycles. The third kappa shape index (κ3) is 5.60. The summed E-state index contributed by atoms with van der Waals surface area (Å²) in [5, 5.41) is 15.9. The van der Waals surface area contributed by atoms with Crippen molar-refractivity contribution in [3.63, 3.8) is 0 Å². The zero-order valence-electron chi connectivity index (χ0n) is 18.6. The molecule has 176 valence electrons. The molecule has 0 bridgehead atoms. The number of carbonyl (C=O) groups is 1. The molecule has 1 aliphatic rings. The van der Waals surface area contributed by atoms with E-state index in [2.05, 4.69) is 20.6 Å². The van der Waals surface area contributed by atoms with Crippen LogP contribution in [0.15, 0.2) is 36.4 Å². The number of aromatic nitrogens is 2. The Morgan fingerprint density at radius 1 is 1.27 bits per heavy atom. The number of carbonyl (C=O) groups excluding carboxylic acids is 1. The number of nitrogens with one attached hydrogen (secondary N) is 3. The van der Waals surface area contributed by atoms with Gasteiger partial charge in [0.15, 0.2) is 0 Å². The van der Waals surface area contributed by atoms with E-state index in [0.29, 0.717) is 53.9 Å². The van der Waals surface area contributed by atoms with Crippen LogP contribution in [-0.4, -0.2) is 39.9 Å². The van der Waals surface area contributed by atoms with Crippen LogP contribution < -0.4 is 15.4 Å². The topological polar surface area (TPSA) is 99.3 Å². The number of nitrogens with zero attached hydrogens (tertiary/aromatic N) is 1. The second-order valence-corrected chi connectivity index (χ2v) is 8.89. The minimum Gasteiger partial charge on any atom is -0.497 e. The molecule has 1 saturated carbocycles. The zero-order chi connectivity index (χ0) is 23.6. The van der Waals surface area contributed by atoms with Crippen LogP contribution in [0.2, 0.25) is 0 Å². The number of ether oxygens (including phenoxy) is 1. The number of rotatable bonds is 6. The molecule has 3 aromatic rings. The van der Waals surface area contributed by atoms with Crippen molar-refractivity contribution in [2.45, 2.75) is 56.7 Å². The van der Waals surface area contributed by atoms with Crippen molar-refractivity contribution in [1.82, 2.24) is 20.6 Å². The van der Waals surface area contributed by atoms with Crippen LogP contribution in [-0.2, 0) is 6.42 Å². The van der Waals surface area contributed by atoms with E-state index in [1.54, 1.807) is 25.1 Å². The van der Waals surface area contributed by atoms with Gasteiger partial charge in [-0.05, 0) is 62.4 Å². The average Bonchev–Trinajstić information content (AvgIpc) is 3.19. The van der Waals surface area contributed by atoms with Crippen molar-refractivity contribution in [3.8, 4) is 5.75 Å². The first-order valence-electron chi connectivity index (χ1n) is 11.0. The second-order valence-electron chi connectivity index (χ2n) is 8.89. The van der Waals surface area contributed by atoms with E-state index in [-0.39, 0.29) is 12.5 Å². The lowest BCUT2D eigenvalue weighted by molar-refractivity contribution is 0.0151. The molecule has 7 nitrogen and oxygen atoms in total. The Balaban J connectivity index is 1.54. The van der Waals surface area contributed by atoms with Crippen LogP contribution in [0.4, 0.5) is 13.6 Å². The van der Waals surface area contributed by atoms with Gasteiger partial charge in [-0.15, -0.1) is 0 Å². The maximum absolute atomic E-state index is 14.6. The molecule has 0 spiro atoms. The van der Waals surface area contributed by atoms with Gasteiger partial charge in [-0.3, -0.25) is 0 Å². The Morgan fingerprint density at radius 2 is 2.03 bits per heavy atom. The lowest BCUT2D eigenvalue weighted by atomic mass is 9.84. The summed E-state index contributed by atoms with van der Waals surface area (Å²) in [6, 6.07) is 7.56. The fourth-order valence-corrected chi connectivity index (χ4v) is 4.19. The molecule has 0 radical (unpaired) electrons. The van der Waals surface area contributed by atoms with E-state index in [0.717, 1.165) is 0 Å². The summed E-state index contributed by atoms with van der Waals surface area (Å²) >= 11 is 0. The number of H-pyrrole nitrogens is 1. The number of urea groups is 1. The van der Waals surface area contributed by atoms with Gasteiger partial charge in [0.25, 0.3) is 0 Å². The molecule has 9 heteroatoms. The molecule has 0 unspecified atom stereocenters. The maximum atomic E-state index is 14.6. The van der Waals surface area contributed by atoms with Gasteiger partial charge in [0.05, 0.1) is 29.8 Å². The summed E-state index contributed by atoms with van der Waals surface area (Å²) in [4.78, 5) is 20.3. The van der Waals surface area contributed by atoms with Crippen molar-refractivity contribution < 1.29 is 23.4 Å². The van der Waals surface area contributed by atoms with E-state index in [9.17, 15) is 18.7 Å². The number of hydrogen-bond acceptors (Lipinski definition) is 4. The van der Waals surface area contributed by atoms with Crippen LogP contribution in [0, 0.1) is 11.6 Å². The van der Waals surface area contributed by atoms with Crippen molar-refractivity contribution in [2.75, 3.05) is 7.11 Å². The third-order valence-electron chi connectivity index (χ3n) is 6.18. The summed E-state index contributed by atoms with van der Waals surface area (Å²) in [6.45, 7) is 1.80. The summed E-state index contributed by atoms with van der Waals surface area (Å²) in [6.07, 6.45) is 2.68. The highest BCUT2D eigenvalue weighted by Crippen LogP contribution is 2.28. The number of methoxy groups -OCH3 is 1. The molecule has 1 fully saturated rings.